The first-order valence-electron chi connectivity index (χ1n) is 6.83. The van der Waals surface area contributed by atoms with Crippen LogP contribution in [0.15, 0.2) is 36.7 Å². The minimum atomic E-state index is -0.595. The number of carbonyl (C=O) groups excluding carboxylic acids is 2. The van der Waals surface area contributed by atoms with Crippen molar-refractivity contribution in [1.82, 2.24) is 14.8 Å². The van der Waals surface area contributed by atoms with Gasteiger partial charge in [0.1, 0.15) is 0 Å². The van der Waals surface area contributed by atoms with E-state index in [2.05, 4.69) is 21.1 Å². The summed E-state index contributed by atoms with van der Waals surface area (Å²) >= 11 is 0. The van der Waals surface area contributed by atoms with Crippen molar-refractivity contribution in [3.8, 4) is 5.69 Å². The third kappa shape index (κ3) is 4.10. The van der Waals surface area contributed by atoms with E-state index in [1.54, 1.807) is 10.9 Å². The highest BCUT2D eigenvalue weighted by Gasteiger charge is 2.08. The summed E-state index contributed by atoms with van der Waals surface area (Å²) in [5, 5.41) is 8.04. The maximum atomic E-state index is 10.9. The summed E-state index contributed by atoms with van der Waals surface area (Å²) in [6.45, 7) is 3.12. The van der Waals surface area contributed by atoms with Crippen LogP contribution in [0.1, 0.15) is 12.6 Å². The number of nitrogens with one attached hydrogen (secondary N) is 2. The van der Waals surface area contributed by atoms with Crippen LogP contribution in [-0.4, -0.2) is 26.7 Å². The molecule has 8 nitrogen and oxygen atoms in total. The molecule has 2 heterocycles. The molecule has 0 bridgehead atoms. The Morgan fingerprint density at radius 3 is 2.61 bits per heavy atom. The van der Waals surface area contributed by atoms with Crippen LogP contribution >= 0.6 is 0 Å². The zero-order chi connectivity index (χ0) is 17.0. The molecule has 0 radical (unpaired) electrons. The number of rotatable bonds is 2. The second-order valence-electron chi connectivity index (χ2n) is 4.92. The van der Waals surface area contributed by atoms with Crippen LogP contribution < -0.4 is 16.8 Å². The third-order valence-corrected chi connectivity index (χ3v) is 2.96. The molecule has 3 rings (SSSR count). The van der Waals surface area contributed by atoms with Gasteiger partial charge in [-0.25, -0.2) is 9.48 Å². The van der Waals surface area contributed by atoms with Crippen LogP contribution in [-0.2, 0) is 4.79 Å². The van der Waals surface area contributed by atoms with E-state index >= 15 is 0 Å². The number of hydrogen-bond acceptors (Lipinski definition) is 3. The molecule has 1 aromatic carbocycles. The van der Waals surface area contributed by atoms with Crippen molar-refractivity contribution in [2.24, 2.45) is 11.5 Å². The Balaban J connectivity index is 0.000000433. The number of benzene rings is 1. The average molecular weight is 314 g/mol. The second-order valence-corrected chi connectivity index (χ2v) is 4.92. The number of H-pyrrole nitrogens is 1. The number of amides is 3. The first-order chi connectivity index (χ1) is 10.9. The van der Waals surface area contributed by atoms with Crippen molar-refractivity contribution in [3.05, 3.63) is 42.4 Å². The molecule has 0 unspecified atom stereocenters. The number of anilines is 1. The largest absolute Gasteiger partial charge is 0.370 e. The Kier molecular flexibility index (Phi) is 4.65. The monoisotopic (exact) mass is 314 g/mol. The number of aromatic nitrogens is 3. The van der Waals surface area contributed by atoms with Gasteiger partial charge < -0.3 is 21.8 Å². The van der Waals surface area contributed by atoms with Gasteiger partial charge in [0.15, 0.2) is 0 Å². The molecule has 23 heavy (non-hydrogen) atoms. The highest BCUT2D eigenvalue weighted by atomic mass is 16.2. The molecule has 0 fully saturated rings. The highest BCUT2D eigenvalue weighted by molar-refractivity contribution is 5.88. The molecule has 2 aromatic heterocycles. The molecule has 3 aromatic rings. The fourth-order valence-corrected chi connectivity index (χ4v) is 2.03. The molecule has 0 aliphatic carbocycles. The first kappa shape index (κ1) is 16.1. The van der Waals surface area contributed by atoms with E-state index in [4.69, 9.17) is 5.73 Å². The van der Waals surface area contributed by atoms with E-state index in [1.165, 1.54) is 6.92 Å². The summed E-state index contributed by atoms with van der Waals surface area (Å²) in [7, 11) is 0. The van der Waals surface area contributed by atoms with Crippen LogP contribution in [0.3, 0.4) is 0 Å². The molecule has 0 saturated heterocycles. The number of aryl methyl sites for hydroxylation is 1. The quantitative estimate of drug-likeness (QED) is 0.573. The van der Waals surface area contributed by atoms with Gasteiger partial charge >= 0.3 is 6.03 Å². The third-order valence-electron chi connectivity index (χ3n) is 2.96. The zero-order valence-corrected chi connectivity index (χ0v) is 12.8. The van der Waals surface area contributed by atoms with Crippen LogP contribution in [0, 0.1) is 6.92 Å². The molecule has 8 heteroatoms. The molecule has 120 valence electrons. The Hall–Kier alpha value is -3.29. The summed E-state index contributed by atoms with van der Waals surface area (Å²) in [6, 6.07) is 7.39. The molecule has 3 amide bonds. The lowest BCUT2D eigenvalue weighted by Gasteiger charge is -2.01. The van der Waals surface area contributed by atoms with Crippen LogP contribution in [0.2, 0.25) is 0 Å². The van der Waals surface area contributed by atoms with E-state index < -0.39 is 6.03 Å². The number of nitrogens with two attached hydrogens (primary N) is 2. The van der Waals surface area contributed by atoms with Gasteiger partial charge in [0, 0.05) is 18.6 Å². The zero-order valence-electron chi connectivity index (χ0n) is 12.8. The number of primary amides is 2. The van der Waals surface area contributed by atoms with Crippen molar-refractivity contribution in [3.63, 3.8) is 0 Å². The van der Waals surface area contributed by atoms with E-state index in [0.717, 1.165) is 16.6 Å². The predicted molar refractivity (Wildman–Crippen MR) is 88.2 cm³/mol. The molecular weight excluding hydrogens is 296 g/mol. The Morgan fingerprint density at radius 2 is 1.96 bits per heavy atom. The lowest BCUT2D eigenvalue weighted by Crippen LogP contribution is -2.19. The number of nitrogens with zero attached hydrogens (tertiary/aromatic N) is 2. The molecule has 0 aliphatic rings. The maximum Gasteiger partial charge on any atom is 0.316 e. The standard InChI is InChI=1S/C13H13N5O.C2H5NO/c1-8-12(16-13(14)19)7-18(17-8)10-3-2-9-4-5-15-11(9)6-10;1-2(3)4/h2-7,15H,1H3,(H3,14,16,19);1H3,(H2,3,4). The normalized spacial score (nSPS) is 10.0. The minimum Gasteiger partial charge on any atom is -0.370 e. The number of carbonyl (C=O) groups is 2. The van der Waals surface area contributed by atoms with Crippen molar-refractivity contribution >= 4 is 28.5 Å². The topological polar surface area (TPSA) is 132 Å². The summed E-state index contributed by atoms with van der Waals surface area (Å²) in [5.74, 6) is -0.333. The predicted octanol–water partition coefficient (Wildman–Crippen LogP) is 1.64. The van der Waals surface area contributed by atoms with Gasteiger partial charge in [-0.3, -0.25) is 4.79 Å². The Morgan fingerprint density at radius 1 is 1.26 bits per heavy atom. The highest BCUT2D eigenvalue weighted by Crippen LogP contribution is 2.20. The summed E-state index contributed by atoms with van der Waals surface area (Å²) in [4.78, 5) is 23.3. The SMILES string of the molecule is CC(N)=O.Cc1nn(-c2ccc3cc[nH]c3c2)cc1NC(N)=O. The summed E-state index contributed by atoms with van der Waals surface area (Å²) < 4.78 is 1.71. The van der Waals surface area contributed by atoms with Gasteiger partial charge in [-0.05, 0) is 30.5 Å². The number of aromatic amines is 1. The number of fused-ring (bicyclic) bond motifs is 1. The molecule has 0 spiro atoms. The van der Waals surface area contributed by atoms with Gasteiger partial charge in [-0.2, -0.15) is 5.10 Å². The fraction of sp³-hybridized carbons (Fsp3) is 0.133. The van der Waals surface area contributed by atoms with E-state index in [-0.39, 0.29) is 5.91 Å². The van der Waals surface area contributed by atoms with E-state index in [9.17, 15) is 9.59 Å². The first-order valence-corrected chi connectivity index (χ1v) is 6.83. The van der Waals surface area contributed by atoms with E-state index in [0.29, 0.717) is 11.4 Å². The second kappa shape index (κ2) is 6.65. The Labute approximate surface area is 132 Å². The van der Waals surface area contributed by atoms with Crippen molar-refractivity contribution in [1.29, 1.82) is 0 Å². The Bertz CT molecular complexity index is 845. The van der Waals surface area contributed by atoms with E-state index in [1.807, 2.05) is 37.4 Å². The fourth-order valence-electron chi connectivity index (χ4n) is 2.03. The van der Waals surface area contributed by atoms with Gasteiger partial charge in [-0.1, -0.05) is 6.07 Å². The van der Waals surface area contributed by atoms with Gasteiger partial charge in [0.25, 0.3) is 0 Å². The minimum absolute atomic E-state index is 0.333. The summed E-state index contributed by atoms with van der Waals surface area (Å²) in [6.07, 6.45) is 3.63. The molecule has 0 aliphatic heterocycles. The summed E-state index contributed by atoms with van der Waals surface area (Å²) in [5.41, 5.74) is 12.9. The van der Waals surface area contributed by atoms with Gasteiger partial charge in [0.05, 0.1) is 23.3 Å². The molecule has 0 atom stereocenters. The van der Waals surface area contributed by atoms with Crippen LogP contribution in [0.5, 0.6) is 0 Å². The molecule has 0 saturated carbocycles. The van der Waals surface area contributed by atoms with Gasteiger partial charge in [0.2, 0.25) is 5.91 Å². The van der Waals surface area contributed by atoms with Crippen molar-refractivity contribution in [2.45, 2.75) is 13.8 Å². The van der Waals surface area contributed by atoms with Crippen molar-refractivity contribution < 1.29 is 9.59 Å². The lowest BCUT2D eigenvalue weighted by molar-refractivity contribution is -0.115. The maximum absolute atomic E-state index is 10.9. The number of urea groups is 1. The van der Waals surface area contributed by atoms with Crippen LogP contribution in [0.25, 0.3) is 16.6 Å². The van der Waals surface area contributed by atoms with Crippen LogP contribution in [0.4, 0.5) is 10.5 Å². The molecular formula is C15H18N6O2. The number of hydrogen-bond donors (Lipinski definition) is 4. The lowest BCUT2D eigenvalue weighted by atomic mass is 10.2. The van der Waals surface area contributed by atoms with Gasteiger partial charge in [-0.15, -0.1) is 0 Å². The van der Waals surface area contributed by atoms with Crippen molar-refractivity contribution in [2.75, 3.05) is 5.32 Å². The molecule has 6 N–H and O–H groups in total. The smallest absolute Gasteiger partial charge is 0.316 e. The average Bonchev–Trinajstić information content (AvgIpc) is 3.04.